The van der Waals surface area contributed by atoms with Crippen LogP contribution < -0.4 is 0 Å². The number of thiophene rings is 1. The Morgan fingerprint density at radius 1 is 1.42 bits per heavy atom. The summed E-state index contributed by atoms with van der Waals surface area (Å²) in [6.07, 6.45) is 3.41. The van der Waals surface area contributed by atoms with Crippen molar-refractivity contribution in [1.82, 2.24) is 14.9 Å². The van der Waals surface area contributed by atoms with Gasteiger partial charge in [-0.15, -0.1) is 11.3 Å². The summed E-state index contributed by atoms with van der Waals surface area (Å²) < 4.78 is 0. The van der Waals surface area contributed by atoms with Crippen LogP contribution in [0.4, 0.5) is 0 Å². The largest absolute Gasteiger partial charge is 0.395 e. The predicted molar refractivity (Wildman–Crippen MR) is 77.6 cm³/mol. The highest BCUT2D eigenvalue weighted by atomic mass is 35.5. The van der Waals surface area contributed by atoms with Gasteiger partial charge in [0.25, 0.3) is 0 Å². The molecule has 3 heterocycles. The van der Waals surface area contributed by atoms with Gasteiger partial charge in [0.1, 0.15) is 15.8 Å². The van der Waals surface area contributed by atoms with Crippen LogP contribution in [0.1, 0.15) is 25.1 Å². The highest BCUT2D eigenvalue weighted by Gasteiger charge is 2.22. The molecular formula is C13H16ClN3OS. The first-order valence-electron chi connectivity index (χ1n) is 6.52. The fourth-order valence-electron chi connectivity index (χ4n) is 2.59. The second-order valence-electron chi connectivity index (χ2n) is 4.87. The van der Waals surface area contributed by atoms with Crippen LogP contribution in [0.2, 0.25) is 5.15 Å². The number of likely N-dealkylation sites (tertiary alicyclic amines) is 1. The lowest BCUT2D eigenvalue weighted by Crippen LogP contribution is -2.41. The molecule has 0 bridgehead atoms. The standard InChI is InChI=1S/C13H16ClN3OS/c14-12-10-4-6-19-13(10)16-11(15-12)7-17-5-2-1-3-9(17)8-18/h4,6,9,18H,1-3,5,7-8H2. The van der Waals surface area contributed by atoms with Gasteiger partial charge in [0.15, 0.2) is 0 Å². The Balaban J connectivity index is 1.83. The first kappa shape index (κ1) is 13.2. The zero-order valence-electron chi connectivity index (χ0n) is 10.5. The molecule has 102 valence electrons. The van der Waals surface area contributed by atoms with Crippen LogP contribution in [0.3, 0.4) is 0 Å². The zero-order chi connectivity index (χ0) is 13.2. The average molecular weight is 298 g/mol. The van der Waals surface area contributed by atoms with Crippen LogP contribution >= 0.6 is 22.9 Å². The third kappa shape index (κ3) is 2.74. The Bertz CT molecular complexity index is 574. The summed E-state index contributed by atoms with van der Waals surface area (Å²) in [5.41, 5.74) is 0. The van der Waals surface area contributed by atoms with Gasteiger partial charge in [0, 0.05) is 11.4 Å². The predicted octanol–water partition coefficient (Wildman–Crippen LogP) is 2.69. The van der Waals surface area contributed by atoms with Gasteiger partial charge >= 0.3 is 0 Å². The molecule has 1 aliphatic heterocycles. The van der Waals surface area contributed by atoms with Gasteiger partial charge in [0.2, 0.25) is 0 Å². The second-order valence-corrected chi connectivity index (χ2v) is 6.13. The fourth-order valence-corrected chi connectivity index (χ4v) is 3.68. The molecule has 0 aliphatic carbocycles. The van der Waals surface area contributed by atoms with Gasteiger partial charge in [-0.2, -0.15) is 0 Å². The molecule has 0 radical (unpaired) electrons. The van der Waals surface area contributed by atoms with Crippen molar-refractivity contribution >= 4 is 33.2 Å². The van der Waals surface area contributed by atoms with E-state index >= 15 is 0 Å². The first-order chi connectivity index (χ1) is 9.28. The molecule has 0 amide bonds. The molecule has 1 unspecified atom stereocenters. The quantitative estimate of drug-likeness (QED) is 0.885. The highest BCUT2D eigenvalue weighted by Crippen LogP contribution is 2.26. The van der Waals surface area contributed by atoms with E-state index in [4.69, 9.17) is 11.6 Å². The molecule has 0 spiro atoms. The first-order valence-corrected chi connectivity index (χ1v) is 7.78. The maximum atomic E-state index is 9.43. The van der Waals surface area contributed by atoms with E-state index in [1.807, 2.05) is 11.4 Å². The number of hydrogen-bond donors (Lipinski definition) is 1. The highest BCUT2D eigenvalue weighted by molar-refractivity contribution is 7.16. The lowest BCUT2D eigenvalue weighted by Gasteiger charge is -2.33. The van der Waals surface area contributed by atoms with Crippen molar-refractivity contribution in [3.8, 4) is 0 Å². The normalized spacial score (nSPS) is 21.1. The van der Waals surface area contributed by atoms with Crippen molar-refractivity contribution in [3.63, 3.8) is 0 Å². The van der Waals surface area contributed by atoms with Crippen molar-refractivity contribution in [2.45, 2.75) is 31.8 Å². The molecule has 2 aromatic heterocycles. The Labute approximate surface area is 121 Å². The molecule has 1 saturated heterocycles. The second kappa shape index (κ2) is 5.71. The summed E-state index contributed by atoms with van der Waals surface area (Å²) in [5, 5.41) is 12.9. The minimum absolute atomic E-state index is 0.203. The number of fused-ring (bicyclic) bond motifs is 1. The summed E-state index contributed by atoms with van der Waals surface area (Å²) in [4.78, 5) is 12.1. The van der Waals surface area contributed by atoms with Crippen LogP contribution in [0.5, 0.6) is 0 Å². The van der Waals surface area contributed by atoms with Gasteiger partial charge in [-0.25, -0.2) is 9.97 Å². The number of aliphatic hydroxyl groups excluding tert-OH is 1. The molecule has 1 N–H and O–H groups in total. The number of piperidine rings is 1. The lowest BCUT2D eigenvalue weighted by atomic mass is 10.0. The monoisotopic (exact) mass is 297 g/mol. The SMILES string of the molecule is OCC1CCCCN1Cc1nc(Cl)c2ccsc2n1. The van der Waals surface area contributed by atoms with Crippen LogP contribution in [0.15, 0.2) is 11.4 Å². The maximum absolute atomic E-state index is 9.43. The summed E-state index contributed by atoms with van der Waals surface area (Å²) in [6.45, 7) is 1.86. The van der Waals surface area contributed by atoms with E-state index in [0.29, 0.717) is 11.7 Å². The van der Waals surface area contributed by atoms with Gasteiger partial charge in [-0.1, -0.05) is 18.0 Å². The van der Waals surface area contributed by atoms with E-state index in [1.165, 1.54) is 12.8 Å². The van der Waals surface area contributed by atoms with Crippen LogP contribution in [-0.4, -0.2) is 39.2 Å². The van der Waals surface area contributed by atoms with Crippen molar-refractivity contribution < 1.29 is 5.11 Å². The van der Waals surface area contributed by atoms with Gasteiger partial charge < -0.3 is 5.11 Å². The molecule has 4 nitrogen and oxygen atoms in total. The molecule has 19 heavy (non-hydrogen) atoms. The number of aliphatic hydroxyl groups is 1. The number of halogens is 1. The average Bonchev–Trinajstić information content (AvgIpc) is 2.88. The molecular weight excluding hydrogens is 282 g/mol. The molecule has 1 atom stereocenters. The summed E-state index contributed by atoms with van der Waals surface area (Å²) in [7, 11) is 0. The Hall–Kier alpha value is -0.750. The minimum Gasteiger partial charge on any atom is -0.395 e. The lowest BCUT2D eigenvalue weighted by molar-refractivity contribution is 0.0820. The van der Waals surface area contributed by atoms with Crippen molar-refractivity contribution in [3.05, 3.63) is 22.4 Å². The van der Waals surface area contributed by atoms with Gasteiger partial charge in [-0.05, 0) is 30.8 Å². The van der Waals surface area contributed by atoms with Crippen molar-refractivity contribution in [2.75, 3.05) is 13.2 Å². The smallest absolute Gasteiger partial charge is 0.145 e. The summed E-state index contributed by atoms with van der Waals surface area (Å²) >= 11 is 7.76. The van der Waals surface area contributed by atoms with E-state index in [2.05, 4.69) is 14.9 Å². The van der Waals surface area contributed by atoms with Crippen LogP contribution in [0.25, 0.3) is 10.2 Å². The molecule has 0 saturated carbocycles. The Morgan fingerprint density at radius 3 is 3.16 bits per heavy atom. The van der Waals surface area contributed by atoms with E-state index in [1.54, 1.807) is 11.3 Å². The van der Waals surface area contributed by atoms with E-state index in [0.717, 1.165) is 29.0 Å². The van der Waals surface area contributed by atoms with E-state index in [9.17, 15) is 5.11 Å². The molecule has 3 rings (SSSR count). The van der Waals surface area contributed by atoms with E-state index in [-0.39, 0.29) is 12.6 Å². The Morgan fingerprint density at radius 2 is 2.32 bits per heavy atom. The van der Waals surface area contributed by atoms with Crippen LogP contribution in [0, 0.1) is 0 Å². The number of rotatable bonds is 3. The van der Waals surface area contributed by atoms with Gasteiger partial charge in [-0.3, -0.25) is 4.90 Å². The summed E-state index contributed by atoms with van der Waals surface area (Å²) in [5.74, 6) is 0.750. The zero-order valence-corrected chi connectivity index (χ0v) is 12.1. The summed E-state index contributed by atoms with van der Waals surface area (Å²) in [6, 6.07) is 2.18. The topological polar surface area (TPSA) is 49.2 Å². The van der Waals surface area contributed by atoms with Crippen LogP contribution in [-0.2, 0) is 6.54 Å². The number of aromatic nitrogens is 2. The fraction of sp³-hybridized carbons (Fsp3) is 0.538. The molecule has 1 fully saturated rings. The maximum Gasteiger partial charge on any atom is 0.145 e. The Kier molecular flexibility index (Phi) is 3.98. The third-order valence-electron chi connectivity index (χ3n) is 3.63. The van der Waals surface area contributed by atoms with E-state index < -0.39 is 0 Å². The third-order valence-corrected chi connectivity index (χ3v) is 4.72. The minimum atomic E-state index is 0.203. The molecule has 2 aromatic rings. The number of nitrogens with zero attached hydrogens (tertiary/aromatic N) is 3. The molecule has 0 aromatic carbocycles. The van der Waals surface area contributed by atoms with Crippen molar-refractivity contribution in [1.29, 1.82) is 0 Å². The molecule has 1 aliphatic rings. The van der Waals surface area contributed by atoms with Gasteiger partial charge in [0.05, 0.1) is 13.2 Å². The van der Waals surface area contributed by atoms with Crippen molar-refractivity contribution in [2.24, 2.45) is 0 Å². The molecule has 6 heteroatoms. The number of hydrogen-bond acceptors (Lipinski definition) is 5.